The summed E-state index contributed by atoms with van der Waals surface area (Å²) in [5.74, 6) is -1.44. The molecule has 6 heteroatoms. The Morgan fingerprint density at radius 1 is 1.00 bits per heavy atom. The highest BCUT2D eigenvalue weighted by Gasteiger charge is 2.14. The fraction of sp³-hybridized carbons (Fsp3) is 0.462. The largest absolute Gasteiger partial charge is 0.458 e. The molecule has 0 aliphatic carbocycles. The predicted octanol–water partition coefficient (Wildman–Crippen LogP) is 1.85. The molecule has 0 amide bonds. The van der Waals surface area contributed by atoms with Gasteiger partial charge in [-0.3, -0.25) is 14.4 Å². The van der Waals surface area contributed by atoms with Crippen molar-refractivity contribution in [2.75, 3.05) is 0 Å². The topological polar surface area (TPSA) is 78.9 Å². The molecule has 0 N–H and O–H groups in total. The van der Waals surface area contributed by atoms with Gasteiger partial charge in [0.2, 0.25) is 0 Å². The van der Waals surface area contributed by atoms with Gasteiger partial charge >= 0.3 is 17.9 Å². The zero-order valence-electron chi connectivity index (χ0n) is 11.5. The maximum atomic E-state index is 11.0. The molecule has 0 rings (SSSR count). The van der Waals surface area contributed by atoms with E-state index in [4.69, 9.17) is 9.47 Å². The Morgan fingerprint density at radius 2 is 1.58 bits per heavy atom. The van der Waals surface area contributed by atoms with Gasteiger partial charge in [-0.05, 0) is 12.5 Å². The van der Waals surface area contributed by atoms with Crippen molar-refractivity contribution in [1.29, 1.82) is 0 Å². The zero-order chi connectivity index (χ0) is 14.8. The zero-order valence-corrected chi connectivity index (χ0v) is 11.5. The van der Waals surface area contributed by atoms with Gasteiger partial charge in [0.25, 0.3) is 0 Å². The molecular formula is C13H18O6. The van der Waals surface area contributed by atoms with Gasteiger partial charge < -0.3 is 14.2 Å². The molecule has 0 radical (unpaired) electrons. The minimum atomic E-state index is -0.580. The molecule has 19 heavy (non-hydrogen) atoms. The maximum absolute atomic E-state index is 11.0. The van der Waals surface area contributed by atoms with E-state index in [9.17, 15) is 14.4 Å². The van der Waals surface area contributed by atoms with Gasteiger partial charge in [-0.2, -0.15) is 0 Å². The van der Waals surface area contributed by atoms with Crippen molar-refractivity contribution in [2.45, 2.75) is 40.2 Å². The molecule has 0 heterocycles. The van der Waals surface area contributed by atoms with Crippen LogP contribution in [0.2, 0.25) is 0 Å². The van der Waals surface area contributed by atoms with Crippen molar-refractivity contribution >= 4 is 17.9 Å². The predicted molar refractivity (Wildman–Crippen MR) is 66.6 cm³/mol. The Hall–Kier alpha value is -2.11. The Kier molecular flexibility index (Phi) is 7.92. The monoisotopic (exact) mass is 270 g/mol. The molecule has 0 saturated carbocycles. The van der Waals surface area contributed by atoms with Gasteiger partial charge in [0.1, 0.15) is 12.4 Å². The summed E-state index contributed by atoms with van der Waals surface area (Å²) < 4.78 is 14.4. The molecule has 0 spiro atoms. The van der Waals surface area contributed by atoms with Crippen LogP contribution in [0.25, 0.3) is 0 Å². The Bertz CT molecular complexity index is 394. The summed E-state index contributed by atoms with van der Waals surface area (Å²) in [5.41, 5.74) is 0.411. The minimum Gasteiger partial charge on any atom is -0.458 e. The van der Waals surface area contributed by atoms with Crippen molar-refractivity contribution in [3.05, 3.63) is 24.2 Å². The SMILES string of the molecule is CCC(OC(C)=O)C(/C=C/OC(C)=O)=C/OC(C)=O. The molecule has 1 unspecified atom stereocenters. The van der Waals surface area contributed by atoms with Crippen LogP contribution in [0.4, 0.5) is 0 Å². The molecule has 0 fully saturated rings. The second-order valence-corrected chi connectivity index (χ2v) is 3.65. The first-order valence-electron chi connectivity index (χ1n) is 5.75. The first kappa shape index (κ1) is 16.9. The van der Waals surface area contributed by atoms with Crippen molar-refractivity contribution in [2.24, 2.45) is 0 Å². The molecule has 0 bridgehead atoms. The summed E-state index contributed by atoms with van der Waals surface area (Å²) in [5, 5.41) is 0. The molecule has 0 aliphatic heterocycles. The molecule has 0 aromatic carbocycles. The van der Waals surface area contributed by atoms with E-state index < -0.39 is 24.0 Å². The first-order valence-corrected chi connectivity index (χ1v) is 5.75. The van der Waals surface area contributed by atoms with Crippen LogP contribution < -0.4 is 0 Å². The van der Waals surface area contributed by atoms with Gasteiger partial charge in [-0.15, -0.1) is 0 Å². The standard InChI is InChI=1S/C13H18O6/c1-5-13(19-11(4)16)12(8-18-10(3)15)6-7-17-9(2)14/h6-8,13H,5H2,1-4H3/b7-6+,12-8+. The van der Waals surface area contributed by atoms with Crippen LogP contribution in [0.15, 0.2) is 24.2 Å². The third-order valence-corrected chi connectivity index (χ3v) is 1.91. The van der Waals surface area contributed by atoms with Crippen LogP contribution in [0.5, 0.6) is 0 Å². The maximum Gasteiger partial charge on any atom is 0.307 e. The summed E-state index contributed by atoms with van der Waals surface area (Å²) in [7, 11) is 0. The Labute approximate surface area is 112 Å². The van der Waals surface area contributed by atoms with E-state index in [1.807, 2.05) is 0 Å². The van der Waals surface area contributed by atoms with Crippen LogP contribution in [0, 0.1) is 0 Å². The lowest BCUT2D eigenvalue weighted by molar-refractivity contribution is -0.144. The van der Waals surface area contributed by atoms with E-state index in [-0.39, 0.29) is 0 Å². The summed E-state index contributed by atoms with van der Waals surface area (Å²) in [6.07, 6.45) is 3.62. The van der Waals surface area contributed by atoms with Gasteiger partial charge in [0.05, 0.1) is 6.26 Å². The van der Waals surface area contributed by atoms with E-state index in [0.29, 0.717) is 12.0 Å². The van der Waals surface area contributed by atoms with Crippen LogP contribution in [-0.4, -0.2) is 24.0 Å². The minimum absolute atomic E-state index is 0.411. The molecule has 0 aromatic heterocycles. The van der Waals surface area contributed by atoms with Gasteiger partial charge in [0.15, 0.2) is 0 Å². The lowest BCUT2D eigenvalue weighted by Crippen LogP contribution is -2.17. The Morgan fingerprint density at radius 3 is 2.00 bits per heavy atom. The number of hydrogen-bond donors (Lipinski definition) is 0. The fourth-order valence-corrected chi connectivity index (χ4v) is 1.17. The molecule has 0 aromatic rings. The summed E-state index contributed by atoms with van der Waals surface area (Å²) in [4.78, 5) is 32.4. The van der Waals surface area contributed by atoms with Crippen molar-refractivity contribution < 1.29 is 28.6 Å². The van der Waals surface area contributed by atoms with Crippen LogP contribution in [0.1, 0.15) is 34.1 Å². The number of carbonyl (C=O) groups is 3. The third kappa shape index (κ3) is 8.59. The molecule has 1 atom stereocenters. The van der Waals surface area contributed by atoms with Crippen LogP contribution in [-0.2, 0) is 28.6 Å². The van der Waals surface area contributed by atoms with Crippen molar-refractivity contribution in [3.8, 4) is 0 Å². The highest BCUT2D eigenvalue weighted by Crippen LogP contribution is 2.13. The lowest BCUT2D eigenvalue weighted by atomic mass is 10.1. The van der Waals surface area contributed by atoms with E-state index in [0.717, 1.165) is 6.26 Å². The molecule has 0 aliphatic rings. The van der Waals surface area contributed by atoms with E-state index in [1.54, 1.807) is 6.92 Å². The molecule has 0 saturated heterocycles. The average Bonchev–Trinajstić information content (AvgIpc) is 2.29. The highest BCUT2D eigenvalue weighted by atomic mass is 16.5. The van der Waals surface area contributed by atoms with Gasteiger partial charge in [0, 0.05) is 26.3 Å². The van der Waals surface area contributed by atoms with Crippen LogP contribution >= 0.6 is 0 Å². The lowest BCUT2D eigenvalue weighted by Gasteiger charge is -2.15. The number of rotatable bonds is 6. The Balaban J connectivity index is 4.95. The highest BCUT2D eigenvalue weighted by molar-refractivity contribution is 5.68. The van der Waals surface area contributed by atoms with E-state index in [1.165, 1.54) is 33.1 Å². The van der Waals surface area contributed by atoms with E-state index >= 15 is 0 Å². The summed E-state index contributed by atoms with van der Waals surface area (Å²) >= 11 is 0. The molecule has 106 valence electrons. The summed E-state index contributed by atoms with van der Waals surface area (Å²) in [6.45, 7) is 5.58. The third-order valence-electron chi connectivity index (χ3n) is 1.91. The van der Waals surface area contributed by atoms with Gasteiger partial charge in [-0.1, -0.05) is 6.92 Å². The smallest absolute Gasteiger partial charge is 0.307 e. The fourth-order valence-electron chi connectivity index (χ4n) is 1.17. The number of ether oxygens (including phenoxy) is 3. The second kappa shape index (κ2) is 8.91. The second-order valence-electron chi connectivity index (χ2n) is 3.65. The molecular weight excluding hydrogens is 252 g/mol. The summed E-state index contributed by atoms with van der Waals surface area (Å²) in [6, 6.07) is 0. The molecule has 6 nitrogen and oxygen atoms in total. The normalized spacial score (nSPS) is 12.9. The van der Waals surface area contributed by atoms with Gasteiger partial charge in [-0.25, -0.2) is 0 Å². The van der Waals surface area contributed by atoms with Crippen LogP contribution in [0.3, 0.4) is 0 Å². The van der Waals surface area contributed by atoms with Crippen molar-refractivity contribution in [1.82, 2.24) is 0 Å². The number of carbonyl (C=O) groups excluding carboxylic acids is 3. The van der Waals surface area contributed by atoms with Crippen molar-refractivity contribution in [3.63, 3.8) is 0 Å². The van der Waals surface area contributed by atoms with E-state index in [2.05, 4.69) is 4.74 Å². The number of esters is 3. The quantitative estimate of drug-likeness (QED) is 0.317. The average molecular weight is 270 g/mol. The first-order chi connectivity index (χ1) is 8.86. The number of hydrogen-bond acceptors (Lipinski definition) is 6.